The molecule has 0 spiro atoms. The van der Waals surface area contributed by atoms with E-state index in [1.54, 1.807) is 12.1 Å². The Kier molecular flexibility index (Phi) is 25.2. The maximum Gasteiger partial charge on any atom is 0.264 e. The Morgan fingerprint density at radius 2 is 1.12 bits per heavy atom. The zero-order chi connectivity index (χ0) is 40.8. The number of piperidine rings is 1. The van der Waals surface area contributed by atoms with Gasteiger partial charge in [0.1, 0.15) is 12.6 Å². The first-order valence-electron chi connectivity index (χ1n) is 19.5. The minimum Gasteiger partial charge on any atom is -0.499 e. The van der Waals surface area contributed by atoms with Crippen LogP contribution in [0.1, 0.15) is 59.2 Å². The maximum atomic E-state index is 13.2. The second-order valence-electron chi connectivity index (χ2n) is 12.6. The summed E-state index contributed by atoms with van der Waals surface area (Å²) in [4.78, 5) is 63.5. The van der Waals surface area contributed by atoms with Crippen LogP contribution < -0.4 is 10.6 Å². The van der Waals surface area contributed by atoms with Crippen molar-refractivity contribution < 1.29 is 71.3 Å². The van der Waals surface area contributed by atoms with Gasteiger partial charge in [0.25, 0.3) is 11.8 Å². The molecule has 0 aliphatic carbocycles. The molecule has 1 saturated heterocycles. The van der Waals surface area contributed by atoms with Gasteiger partial charge in [0.05, 0.1) is 135 Å². The second kappa shape index (κ2) is 30.3. The molecule has 0 bridgehead atoms. The van der Waals surface area contributed by atoms with Crippen LogP contribution in [0.5, 0.6) is 0 Å². The number of amides is 5. The lowest BCUT2D eigenvalue weighted by atomic mass is 10.0. The molecule has 1 atom stereocenters. The summed E-state index contributed by atoms with van der Waals surface area (Å²) < 4.78 is 54.1. The fourth-order valence-corrected chi connectivity index (χ4v) is 5.55. The lowest BCUT2D eigenvalue weighted by Crippen LogP contribution is -2.54. The number of carbonyl (C=O) groups is 5. The van der Waals surface area contributed by atoms with Gasteiger partial charge in [0.15, 0.2) is 0 Å². The van der Waals surface area contributed by atoms with Crippen LogP contribution in [0.15, 0.2) is 31.0 Å². The van der Waals surface area contributed by atoms with Crippen molar-refractivity contribution in [2.75, 3.05) is 131 Å². The predicted octanol–water partition coefficient (Wildman–Crippen LogP) is 1.90. The van der Waals surface area contributed by atoms with Gasteiger partial charge in [-0.1, -0.05) is 19.1 Å². The molecule has 0 saturated carbocycles. The van der Waals surface area contributed by atoms with Crippen LogP contribution in [-0.4, -0.2) is 166 Å². The molecule has 3 rings (SSSR count). The monoisotopic (exact) mass is 809 g/mol. The van der Waals surface area contributed by atoms with Gasteiger partial charge < -0.3 is 52.7 Å². The lowest BCUT2D eigenvalue weighted by molar-refractivity contribution is -0.136. The first kappa shape index (κ1) is 47.5. The molecular formula is C39H59N3O15. The van der Waals surface area contributed by atoms with E-state index in [2.05, 4.69) is 17.2 Å². The number of rotatable bonds is 36. The van der Waals surface area contributed by atoms with Gasteiger partial charge in [-0.25, -0.2) is 0 Å². The number of nitrogens with one attached hydrogen (secondary N) is 2. The molecule has 18 heteroatoms. The summed E-state index contributed by atoms with van der Waals surface area (Å²) >= 11 is 0. The molecule has 5 amide bonds. The third-order valence-corrected chi connectivity index (χ3v) is 8.37. The molecule has 0 radical (unpaired) electrons. The van der Waals surface area contributed by atoms with Crippen LogP contribution in [0, 0.1) is 0 Å². The van der Waals surface area contributed by atoms with Crippen molar-refractivity contribution in [1.29, 1.82) is 0 Å². The van der Waals surface area contributed by atoms with E-state index in [-0.39, 0.29) is 42.0 Å². The molecule has 57 heavy (non-hydrogen) atoms. The summed E-state index contributed by atoms with van der Waals surface area (Å²) in [6.07, 6.45) is 3.83. The molecule has 1 unspecified atom stereocenters. The number of hydrogen-bond donors (Lipinski definition) is 2. The standard InChI is InChI=1S/C39H59N3O15/c1-2-48-13-14-50-17-18-52-21-22-54-25-26-56-29-30-57-28-27-55-24-23-53-20-19-51-16-15-49-12-5-3-4-9-34(43)40-32-8-6-7-31-36(32)39(47)42(38(31)46)33-10-11-35(44)41-37(33)45/h2,6-8,33H,1,3-5,9-30H2,(H,40,43)(H,41,44,45). The Morgan fingerprint density at radius 1 is 0.649 bits per heavy atom. The van der Waals surface area contributed by atoms with Gasteiger partial charge in [-0.15, -0.1) is 0 Å². The van der Waals surface area contributed by atoms with Crippen molar-refractivity contribution >= 4 is 35.2 Å². The van der Waals surface area contributed by atoms with Gasteiger partial charge in [0.2, 0.25) is 17.7 Å². The zero-order valence-electron chi connectivity index (χ0n) is 32.8. The predicted molar refractivity (Wildman–Crippen MR) is 204 cm³/mol. The average Bonchev–Trinajstić information content (AvgIpc) is 3.45. The van der Waals surface area contributed by atoms with Crippen LogP contribution in [0.3, 0.4) is 0 Å². The molecule has 0 aromatic heterocycles. The summed E-state index contributed by atoms with van der Waals surface area (Å²) in [6, 6.07) is 3.53. The number of nitrogens with zero attached hydrogens (tertiary/aromatic N) is 1. The summed E-state index contributed by atoms with van der Waals surface area (Å²) in [6.45, 7) is 12.6. The number of hydrogen-bond acceptors (Lipinski definition) is 15. The minimum absolute atomic E-state index is 0.0280. The number of imide groups is 2. The smallest absolute Gasteiger partial charge is 0.264 e. The quantitative estimate of drug-likeness (QED) is 0.0565. The van der Waals surface area contributed by atoms with Crippen LogP contribution in [0.25, 0.3) is 0 Å². The van der Waals surface area contributed by atoms with E-state index < -0.39 is 29.7 Å². The van der Waals surface area contributed by atoms with Crippen molar-refractivity contribution in [3.63, 3.8) is 0 Å². The number of benzene rings is 1. The molecule has 2 aliphatic heterocycles. The second-order valence-corrected chi connectivity index (χ2v) is 12.6. The molecule has 18 nitrogen and oxygen atoms in total. The average molecular weight is 810 g/mol. The van der Waals surface area contributed by atoms with Gasteiger partial charge in [-0.3, -0.25) is 34.2 Å². The van der Waals surface area contributed by atoms with Crippen LogP contribution >= 0.6 is 0 Å². The zero-order valence-corrected chi connectivity index (χ0v) is 32.8. The number of carbonyl (C=O) groups excluding carboxylic acids is 5. The van der Waals surface area contributed by atoms with Crippen LogP contribution in [0.4, 0.5) is 5.69 Å². The van der Waals surface area contributed by atoms with E-state index in [1.807, 2.05) is 0 Å². The van der Waals surface area contributed by atoms with E-state index in [9.17, 15) is 24.0 Å². The number of ether oxygens (including phenoxy) is 10. The topological polar surface area (TPSA) is 205 Å². The van der Waals surface area contributed by atoms with Gasteiger partial charge in [-0.2, -0.15) is 0 Å². The third-order valence-electron chi connectivity index (χ3n) is 8.37. The minimum atomic E-state index is -1.07. The lowest BCUT2D eigenvalue weighted by Gasteiger charge is -2.27. The van der Waals surface area contributed by atoms with E-state index in [4.69, 9.17) is 47.4 Å². The van der Waals surface area contributed by atoms with Gasteiger partial charge in [0, 0.05) is 19.4 Å². The van der Waals surface area contributed by atoms with Crippen LogP contribution in [0.2, 0.25) is 0 Å². The summed E-state index contributed by atoms with van der Waals surface area (Å²) in [5, 5.41) is 4.90. The van der Waals surface area contributed by atoms with E-state index >= 15 is 0 Å². The molecule has 320 valence electrons. The van der Waals surface area contributed by atoms with Crippen LogP contribution in [-0.2, 0) is 61.8 Å². The highest BCUT2D eigenvalue weighted by Gasteiger charge is 2.45. The van der Waals surface area contributed by atoms with E-state index in [1.165, 1.54) is 12.3 Å². The Morgan fingerprint density at radius 3 is 1.60 bits per heavy atom. The van der Waals surface area contributed by atoms with E-state index in [0.29, 0.717) is 132 Å². The van der Waals surface area contributed by atoms with Gasteiger partial charge in [-0.05, 0) is 31.4 Å². The highest BCUT2D eigenvalue weighted by molar-refractivity contribution is 6.26. The fraction of sp³-hybridized carbons (Fsp3) is 0.667. The Bertz CT molecular complexity index is 1360. The molecule has 2 aliphatic rings. The summed E-state index contributed by atoms with van der Waals surface area (Å²) in [7, 11) is 0. The Hall–Kier alpha value is -3.85. The molecule has 1 aromatic carbocycles. The number of unbranched alkanes of at least 4 members (excludes halogenated alkanes) is 2. The van der Waals surface area contributed by atoms with Crippen molar-refractivity contribution in [3.05, 3.63) is 42.2 Å². The van der Waals surface area contributed by atoms with Crippen molar-refractivity contribution in [3.8, 4) is 0 Å². The SMILES string of the molecule is C=COCCOCCOCCOCCOCCOCCOCCOCCOCCOCCCCCC(=O)Nc1cccc2c1C(=O)N(C1CCC(=O)NC1=O)C2=O. The highest BCUT2D eigenvalue weighted by atomic mass is 16.6. The first-order chi connectivity index (χ1) is 27.9. The summed E-state index contributed by atoms with van der Waals surface area (Å²) in [5.41, 5.74) is 0.381. The highest BCUT2D eigenvalue weighted by Crippen LogP contribution is 2.32. The maximum absolute atomic E-state index is 13.2. The summed E-state index contributed by atoms with van der Waals surface area (Å²) in [5.74, 6) is -2.72. The number of fused-ring (bicyclic) bond motifs is 1. The van der Waals surface area contributed by atoms with Gasteiger partial charge >= 0.3 is 0 Å². The van der Waals surface area contributed by atoms with Crippen molar-refractivity contribution in [2.24, 2.45) is 0 Å². The molecule has 1 fully saturated rings. The Labute approximate surface area is 334 Å². The molecule has 2 heterocycles. The fourth-order valence-electron chi connectivity index (χ4n) is 5.55. The largest absolute Gasteiger partial charge is 0.499 e. The first-order valence-corrected chi connectivity index (χ1v) is 19.5. The number of anilines is 1. The molecular weight excluding hydrogens is 750 g/mol. The molecule has 1 aromatic rings. The molecule has 2 N–H and O–H groups in total. The van der Waals surface area contributed by atoms with E-state index in [0.717, 1.165) is 17.7 Å². The third kappa shape index (κ3) is 19.4. The van der Waals surface area contributed by atoms with Crippen molar-refractivity contribution in [1.82, 2.24) is 10.2 Å². The Balaban J connectivity index is 1.03. The normalized spacial score (nSPS) is 15.2. The van der Waals surface area contributed by atoms with Crippen molar-refractivity contribution in [2.45, 2.75) is 44.6 Å².